The molecule has 4 aliphatic carbocycles. The highest BCUT2D eigenvalue weighted by Crippen LogP contribution is 2.64. The summed E-state index contributed by atoms with van der Waals surface area (Å²) in [7, 11) is 0. The molecular formula is C115H78. The molecule has 0 heterocycles. The number of hydrogen-bond acceptors (Lipinski definition) is 0. The number of rotatable bonds is 7. The van der Waals surface area contributed by atoms with Crippen LogP contribution in [0.3, 0.4) is 0 Å². The molecule has 0 N–H and O–H groups in total. The van der Waals surface area contributed by atoms with Crippen LogP contribution in [-0.2, 0) is 16.2 Å². The topological polar surface area (TPSA) is 0 Å². The summed E-state index contributed by atoms with van der Waals surface area (Å²) in [6.45, 7) is 9.57. The zero-order valence-corrected chi connectivity index (χ0v) is 64.6. The Morgan fingerprint density at radius 2 is 0.417 bits per heavy atom. The molecule has 0 saturated heterocycles. The van der Waals surface area contributed by atoms with Crippen LogP contribution in [0.1, 0.15) is 72.2 Å². The monoisotopic (exact) mass is 1460 g/mol. The van der Waals surface area contributed by atoms with E-state index in [0.29, 0.717) is 0 Å². The molecule has 0 heteroatoms. The van der Waals surface area contributed by atoms with Gasteiger partial charge in [0.2, 0.25) is 0 Å². The summed E-state index contributed by atoms with van der Waals surface area (Å²) in [5.74, 6) is 0. The molecular weight excluding hydrogens is 1380 g/mol. The number of benzene rings is 20. The third-order valence-corrected chi connectivity index (χ3v) is 26.5. The Labute approximate surface area is 671 Å². The molecule has 24 rings (SSSR count). The fourth-order valence-electron chi connectivity index (χ4n) is 21.7. The smallest absolute Gasteiger partial charge is 0.0622 e. The van der Waals surface area contributed by atoms with E-state index in [4.69, 9.17) is 0 Å². The van der Waals surface area contributed by atoms with Crippen LogP contribution >= 0.6 is 0 Å². The van der Waals surface area contributed by atoms with Crippen LogP contribution in [0.25, 0.3) is 187 Å². The number of hydrogen-bond donors (Lipinski definition) is 0. The third-order valence-electron chi connectivity index (χ3n) is 26.5. The van der Waals surface area contributed by atoms with E-state index in [0.717, 1.165) is 0 Å². The maximum absolute atomic E-state index is 2.54. The van der Waals surface area contributed by atoms with Crippen molar-refractivity contribution in [2.45, 2.75) is 43.9 Å². The first-order valence-electron chi connectivity index (χ1n) is 40.6. The predicted octanol–water partition coefficient (Wildman–Crippen LogP) is 30.9. The first-order chi connectivity index (χ1) is 56.6. The lowest BCUT2D eigenvalue weighted by molar-refractivity contribution is 0.666. The first kappa shape index (κ1) is 66.7. The number of fused-ring (bicyclic) bond motifs is 24. The molecule has 0 aliphatic heterocycles. The van der Waals surface area contributed by atoms with Crippen LogP contribution in [0.4, 0.5) is 0 Å². The molecule has 0 nitrogen and oxygen atoms in total. The van der Waals surface area contributed by atoms with E-state index in [-0.39, 0.29) is 10.8 Å². The Morgan fingerprint density at radius 1 is 0.148 bits per heavy atom. The Hall–Kier alpha value is -14.0. The summed E-state index contributed by atoms with van der Waals surface area (Å²) in [6.07, 6.45) is 0. The van der Waals surface area contributed by atoms with Gasteiger partial charge in [0.15, 0.2) is 0 Å². The fraction of sp³-hybridized carbons (Fsp3) is 0.0609. The predicted molar refractivity (Wildman–Crippen MR) is 487 cm³/mol. The molecule has 0 aromatic heterocycles. The standard InChI is InChI=1S/C64H42.C51H36/c1-63(2)57-32-16-28-43(61(57)53-36-33-39-17-3-4-20-44(39)62(53)63)40-18-15-19-41(37-40)59-49-24-5-7-26-51(49)60(52-27-8-6-25-50(52)59)42-34-35-48-47-23-11-14-31-56(47)64(58(48)38-42)54-29-12-9-21-45(54)46-22-10-13-30-55(46)64;1-51(2)46-28-14-27-39(49(46)45-30-29-34-17-6-7-22-40(34)50(45)51)36-19-13-21-38(32-36)48-43-25-10-8-23-41(43)47(42-24-9-11-26-44(42)48)37-20-12-18-35(31-37)33-15-4-3-5-16-33/h3-38H,1-2H3;3-32H,1-2H3. The quantitative estimate of drug-likeness (QED) is 0.140. The van der Waals surface area contributed by atoms with Gasteiger partial charge in [0.05, 0.1) is 5.41 Å². The van der Waals surface area contributed by atoms with E-state index in [1.165, 1.54) is 232 Å². The lowest BCUT2D eigenvalue weighted by Gasteiger charge is -2.30. The maximum atomic E-state index is 2.54. The van der Waals surface area contributed by atoms with Crippen molar-refractivity contribution in [2.24, 2.45) is 0 Å². The molecule has 20 aromatic rings. The van der Waals surface area contributed by atoms with E-state index in [1.54, 1.807) is 0 Å². The van der Waals surface area contributed by atoms with Gasteiger partial charge in [-0.15, -0.1) is 0 Å². The highest BCUT2D eigenvalue weighted by atomic mass is 14.5. The summed E-state index contributed by atoms with van der Waals surface area (Å²) in [5.41, 5.74) is 38.8. The zero-order chi connectivity index (χ0) is 76.4. The van der Waals surface area contributed by atoms with Gasteiger partial charge in [-0.05, 0) is 256 Å². The third kappa shape index (κ3) is 9.73. The lowest BCUT2D eigenvalue weighted by Crippen LogP contribution is -2.25. The van der Waals surface area contributed by atoms with Gasteiger partial charge in [0, 0.05) is 10.8 Å². The van der Waals surface area contributed by atoms with Gasteiger partial charge >= 0.3 is 0 Å². The molecule has 4 aliphatic rings. The normalized spacial score (nSPS) is 13.8. The molecule has 538 valence electrons. The Bertz CT molecular complexity index is 7340. The molecule has 0 fully saturated rings. The zero-order valence-electron chi connectivity index (χ0n) is 64.6. The Kier molecular flexibility index (Phi) is 14.8. The van der Waals surface area contributed by atoms with Gasteiger partial charge in [-0.25, -0.2) is 0 Å². The van der Waals surface area contributed by atoms with Crippen LogP contribution in [0.5, 0.6) is 0 Å². The van der Waals surface area contributed by atoms with Crippen molar-refractivity contribution in [3.63, 3.8) is 0 Å². The van der Waals surface area contributed by atoms with Gasteiger partial charge in [0.25, 0.3) is 0 Å². The second-order valence-corrected chi connectivity index (χ2v) is 33.1. The summed E-state index contributed by atoms with van der Waals surface area (Å²) in [5, 5.41) is 15.4. The van der Waals surface area contributed by atoms with Crippen molar-refractivity contribution < 1.29 is 0 Å². The fourth-order valence-corrected chi connectivity index (χ4v) is 21.7. The van der Waals surface area contributed by atoms with Crippen molar-refractivity contribution >= 4 is 64.6 Å². The van der Waals surface area contributed by atoms with Crippen molar-refractivity contribution in [3.05, 3.63) is 445 Å². The van der Waals surface area contributed by atoms with Crippen molar-refractivity contribution in [2.75, 3.05) is 0 Å². The van der Waals surface area contributed by atoms with E-state index in [2.05, 4.69) is 428 Å². The highest BCUT2D eigenvalue weighted by molar-refractivity contribution is 6.24. The Morgan fingerprint density at radius 3 is 0.817 bits per heavy atom. The molecule has 20 aromatic carbocycles. The van der Waals surface area contributed by atoms with Gasteiger partial charge in [0.1, 0.15) is 0 Å². The molecule has 0 bridgehead atoms. The van der Waals surface area contributed by atoms with Crippen LogP contribution in [0, 0.1) is 0 Å². The average molecular weight is 1460 g/mol. The summed E-state index contributed by atoms with van der Waals surface area (Å²) in [4.78, 5) is 0. The van der Waals surface area contributed by atoms with E-state index < -0.39 is 5.41 Å². The van der Waals surface area contributed by atoms with Gasteiger partial charge < -0.3 is 0 Å². The van der Waals surface area contributed by atoms with Crippen molar-refractivity contribution in [1.82, 2.24) is 0 Å². The van der Waals surface area contributed by atoms with E-state index >= 15 is 0 Å². The van der Waals surface area contributed by atoms with Gasteiger partial charge in [-0.2, -0.15) is 0 Å². The Balaban J connectivity index is 0.000000140. The largest absolute Gasteiger partial charge is 0.0725 e. The van der Waals surface area contributed by atoms with E-state index in [1.807, 2.05) is 0 Å². The highest BCUT2D eigenvalue weighted by Gasteiger charge is 2.52. The van der Waals surface area contributed by atoms with Crippen LogP contribution < -0.4 is 0 Å². The SMILES string of the molecule is CC1(C)c2cccc(-c3cccc(-c4c5ccccc5c(-c5ccc6c(c5)C5(c7ccccc7-c7ccccc75)c5ccccc5-6)c5ccccc45)c3)c2-c2ccc3ccccc3c21.CC1(C)c2cccc(-c3cccc(-c4c5ccccc5c(-c5cccc(-c6ccccc6)c5)c5ccccc45)c3)c2-c2ccc3ccccc3c21. The maximum Gasteiger partial charge on any atom is 0.0725 e. The molecule has 1 spiro atoms. The molecule has 0 radical (unpaired) electrons. The second kappa shape index (κ2) is 25.5. The minimum atomic E-state index is -0.401. The van der Waals surface area contributed by atoms with Crippen LogP contribution in [0.2, 0.25) is 0 Å². The second-order valence-electron chi connectivity index (χ2n) is 33.1. The van der Waals surface area contributed by atoms with E-state index in [9.17, 15) is 0 Å². The molecule has 0 saturated carbocycles. The molecule has 0 atom stereocenters. The minimum Gasteiger partial charge on any atom is -0.0622 e. The van der Waals surface area contributed by atoms with Gasteiger partial charge in [-0.1, -0.05) is 404 Å². The van der Waals surface area contributed by atoms with Crippen molar-refractivity contribution in [3.8, 4) is 122 Å². The average Bonchev–Trinajstić information content (AvgIpc) is 1.51. The summed E-state index contributed by atoms with van der Waals surface area (Å²) >= 11 is 0. The summed E-state index contributed by atoms with van der Waals surface area (Å²) < 4.78 is 0. The molecule has 0 unspecified atom stereocenters. The van der Waals surface area contributed by atoms with Crippen LogP contribution in [0.15, 0.2) is 400 Å². The lowest BCUT2D eigenvalue weighted by atomic mass is 9.70. The summed E-state index contributed by atoms with van der Waals surface area (Å²) in [6, 6.07) is 150. The van der Waals surface area contributed by atoms with Crippen molar-refractivity contribution in [1.29, 1.82) is 0 Å². The van der Waals surface area contributed by atoms with Gasteiger partial charge in [-0.3, -0.25) is 0 Å². The molecule has 115 heavy (non-hydrogen) atoms. The van der Waals surface area contributed by atoms with Crippen LogP contribution in [-0.4, -0.2) is 0 Å². The minimum absolute atomic E-state index is 0.0980. The first-order valence-corrected chi connectivity index (χ1v) is 40.6. The molecule has 0 amide bonds.